The lowest BCUT2D eigenvalue weighted by atomic mass is 9.47. The number of allylic oxidation sites excluding steroid dienone is 1. The molecule has 2 heterocycles. The lowest BCUT2D eigenvalue weighted by molar-refractivity contribution is -0.0622. The van der Waals surface area contributed by atoms with Crippen LogP contribution in [0.5, 0.6) is 0 Å². The van der Waals surface area contributed by atoms with Crippen LogP contribution in [-0.4, -0.2) is 101 Å². The summed E-state index contributed by atoms with van der Waals surface area (Å²) in [5, 5.41) is 10.3. The number of anilines is 1. The number of aliphatic hydroxyl groups is 1. The molecule has 63 heavy (non-hydrogen) atoms. The number of nitrogens with two attached hydrogens (primary N) is 2. The van der Waals surface area contributed by atoms with Gasteiger partial charge in [0.15, 0.2) is 5.65 Å². The molecule has 3 saturated carbocycles. The molecule has 2 aromatic rings. The summed E-state index contributed by atoms with van der Waals surface area (Å²) in [6, 6.07) is 0. The van der Waals surface area contributed by atoms with Gasteiger partial charge in [-0.15, -0.1) is 0 Å². The topological polar surface area (TPSA) is 221 Å². The summed E-state index contributed by atoms with van der Waals surface area (Å²) in [5.74, 6) is 4.46. The van der Waals surface area contributed by atoms with Gasteiger partial charge in [-0.1, -0.05) is 77.7 Å². The number of aromatic nitrogens is 4. The van der Waals surface area contributed by atoms with E-state index < -0.39 is 51.7 Å². The standard InChI is InChI=1S/C43H74N6O10P2S2/c1-26(2)10-9-11-27(3)31-14-15-32-30-13-12-28-20-29(16-18-42(28,4)33(30)17-19-43(31,32)5)58-60(51,52)56-24-37(54-7)35(22-49-25-46-38-39(49)47-41(45)48-40(38)62)59-61(63,55-8)57-23-36(53-6)34(50)21-44/h12,25-27,29-37,50H,9-11,13-24,44H2,1-8H3,(H,51,52)(H3,45,47,48,62)/t27-,29?,30?,31?,32?,33?,34?,35?,36?,37?,42?,43?,61?/m1/s1. The zero-order valence-corrected chi connectivity index (χ0v) is 41.9. The van der Waals surface area contributed by atoms with E-state index in [4.69, 9.17) is 67.6 Å². The van der Waals surface area contributed by atoms with Gasteiger partial charge < -0.3 is 54.1 Å². The molecular weight excluding hydrogens is 887 g/mol. The van der Waals surface area contributed by atoms with Crippen molar-refractivity contribution in [2.75, 3.05) is 46.8 Å². The van der Waals surface area contributed by atoms with Crippen molar-refractivity contribution >= 4 is 55.7 Å². The first-order valence-corrected chi connectivity index (χ1v) is 27.2. The summed E-state index contributed by atoms with van der Waals surface area (Å²) >= 11 is 11.2. The van der Waals surface area contributed by atoms with Crippen molar-refractivity contribution in [3.63, 3.8) is 0 Å². The number of methoxy groups -OCH3 is 2. The number of hydrogen-bond donors (Lipinski definition) is 5. The number of ether oxygens (including phenoxy) is 2. The fourth-order valence-corrected chi connectivity index (χ4v) is 14.7. The van der Waals surface area contributed by atoms with Gasteiger partial charge >= 0.3 is 14.5 Å². The van der Waals surface area contributed by atoms with Gasteiger partial charge in [-0.3, -0.25) is 9.05 Å². The van der Waals surface area contributed by atoms with Gasteiger partial charge in [-0.05, 0) is 110 Å². The highest BCUT2D eigenvalue weighted by Gasteiger charge is 2.59. The van der Waals surface area contributed by atoms with Gasteiger partial charge in [0.25, 0.3) is 0 Å². The Hall–Kier alpha value is -1.21. The maximum absolute atomic E-state index is 13.8. The molecule has 0 amide bonds. The molecule has 20 heteroatoms. The number of phosphoric acid groups is 1. The van der Waals surface area contributed by atoms with Crippen molar-refractivity contribution in [3.8, 4) is 0 Å². The monoisotopic (exact) mass is 960 g/mol. The van der Waals surface area contributed by atoms with Crippen LogP contribution in [0.25, 0.3) is 11.2 Å². The lowest BCUT2D eigenvalue weighted by Crippen LogP contribution is -2.51. The minimum atomic E-state index is -4.61. The van der Waals surface area contributed by atoms with E-state index in [0.29, 0.717) is 45.9 Å². The number of phosphoric ester groups is 1. The largest absolute Gasteiger partial charge is 0.472 e. The van der Waals surface area contributed by atoms with Crippen molar-refractivity contribution < 1.29 is 46.7 Å². The Morgan fingerprint density at radius 3 is 2.43 bits per heavy atom. The van der Waals surface area contributed by atoms with Crippen LogP contribution in [0.1, 0.15) is 105 Å². The van der Waals surface area contributed by atoms with E-state index in [9.17, 15) is 14.6 Å². The van der Waals surface area contributed by atoms with Gasteiger partial charge in [0.1, 0.15) is 28.5 Å². The molecular formula is C43H74N6O10P2S2. The Balaban J connectivity index is 1.12. The first-order valence-electron chi connectivity index (χ1n) is 22.8. The van der Waals surface area contributed by atoms with Crippen molar-refractivity contribution in [3.05, 3.63) is 22.6 Å². The molecule has 3 fully saturated rings. The minimum absolute atomic E-state index is 0.0140. The van der Waals surface area contributed by atoms with Crippen LogP contribution < -0.4 is 11.5 Å². The minimum Gasteiger partial charge on any atom is -0.389 e. The zero-order chi connectivity index (χ0) is 45.9. The van der Waals surface area contributed by atoms with Gasteiger partial charge in [0, 0.05) is 27.9 Å². The van der Waals surface area contributed by atoms with E-state index in [1.165, 1.54) is 78.2 Å². The predicted molar refractivity (Wildman–Crippen MR) is 250 cm³/mol. The normalized spacial score (nSPS) is 31.6. The second-order valence-electron chi connectivity index (χ2n) is 19.5. The van der Waals surface area contributed by atoms with Crippen molar-refractivity contribution in [1.82, 2.24) is 19.5 Å². The van der Waals surface area contributed by atoms with Crippen LogP contribution in [-0.2, 0) is 55.0 Å². The van der Waals surface area contributed by atoms with Crippen LogP contribution in [0, 0.1) is 51.0 Å². The Labute approximate surface area is 384 Å². The molecule has 7 N–H and O–H groups in total. The fourth-order valence-electron chi connectivity index (χ4n) is 11.9. The van der Waals surface area contributed by atoms with Gasteiger partial charge in [-0.25, -0.2) is 9.55 Å². The molecule has 0 spiro atoms. The van der Waals surface area contributed by atoms with E-state index in [1.54, 1.807) is 4.57 Å². The predicted octanol–water partition coefficient (Wildman–Crippen LogP) is 8.24. The number of H-pyrrole nitrogens is 1. The molecule has 0 saturated heterocycles. The quantitative estimate of drug-likeness (QED) is 0.0402. The smallest absolute Gasteiger partial charge is 0.389 e. The van der Waals surface area contributed by atoms with Gasteiger partial charge in [0.2, 0.25) is 5.95 Å². The highest BCUT2D eigenvalue weighted by molar-refractivity contribution is 8.07. The molecule has 0 aliphatic heterocycles. The second-order valence-corrected chi connectivity index (χ2v) is 24.3. The highest BCUT2D eigenvalue weighted by Crippen LogP contribution is 2.68. The third-order valence-corrected chi connectivity index (χ3v) is 19.2. The molecule has 4 aliphatic carbocycles. The number of nitrogens with one attached hydrogen (secondary N) is 1. The van der Waals surface area contributed by atoms with Crippen molar-refractivity contribution in [2.24, 2.45) is 52.1 Å². The highest BCUT2D eigenvalue weighted by atomic mass is 32.5. The summed E-state index contributed by atoms with van der Waals surface area (Å²) < 4.78 is 56.5. The summed E-state index contributed by atoms with van der Waals surface area (Å²) in [4.78, 5) is 22.8. The average molecular weight is 961 g/mol. The Morgan fingerprint density at radius 1 is 1.02 bits per heavy atom. The number of nitrogen functional groups attached to an aromatic ring is 1. The Bertz CT molecular complexity index is 2040. The van der Waals surface area contributed by atoms with Crippen LogP contribution in [0.15, 0.2) is 18.0 Å². The Kier molecular flexibility index (Phi) is 17.4. The number of aromatic amines is 1. The van der Waals surface area contributed by atoms with Crippen LogP contribution in [0.3, 0.4) is 0 Å². The summed E-state index contributed by atoms with van der Waals surface area (Å²) in [6.45, 7) is 7.95. The second kappa shape index (κ2) is 21.4. The number of nitrogens with zero attached hydrogens (tertiary/aromatic N) is 3. The van der Waals surface area contributed by atoms with E-state index in [2.05, 4.69) is 55.6 Å². The molecule has 6 rings (SSSR count). The van der Waals surface area contributed by atoms with Gasteiger partial charge in [-0.2, -0.15) is 4.98 Å². The molecule has 16 nitrogen and oxygen atoms in total. The summed E-state index contributed by atoms with van der Waals surface area (Å²) in [5.41, 5.74) is 14.2. The average Bonchev–Trinajstić information content (AvgIpc) is 3.81. The fraction of sp³-hybridized carbons (Fsp3) is 0.837. The molecule has 13 unspecified atom stereocenters. The van der Waals surface area contributed by atoms with E-state index >= 15 is 0 Å². The number of imidazole rings is 1. The number of fused-ring (bicyclic) bond motifs is 6. The maximum Gasteiger partial charge on any atom is 0.472 e. The van der Waals surface area contributed by atoms with Crippen molar-refractivity contribution in [1.29, 1.82) is 0 Å². The third kappa shape index (κ3) is 11.6. The molecule has 2 aromatic heterocycles. The van der Waals surface area contributed by atoms with E-state index in [-0.39, 0.29) is 31.1 Å². The molecule has 358 valence electrons. The first-order chi connectivity index (χ1) is 29.8. The maximum atomic E-state index is 13.8. The number of rotatable bonds is 23. The Morgan fingerprint density at radius 2 is 1.75 bits per heavy atom. The number of hydrogen-bond acceptors (Lipinski definition) is 15. The SMILES string of the molecule is COC(COP(=S)(OC)OC(Cn1cnc2c(=S)[nH]c(N)nc21)C(COP(=O)(O)OC1CCC2(C)C(=CCC3C2CCC2(C)C3CCC2[C@H](C)CCCC(C)C)C1)OC)C(O)CN. The number of aliphatic hydroxyl groups excluding tert-OH is 1. The zero-order valence-electron chi connectivity index (χ0n) is 38.5. The molecule has 0 aromatic carbocycles. The van der Waals surface area contributed by atoms with E-state index in [1.807, 2.05) is 0 Å². The van der Waals surface area contributed by atoms with Crippen LogP contribution in [0.4, 0.5) is 5.95 Å². The molecule has 4 aliphatic rings. The van der Waals surface area contributed by atoms with E-state index in [0.717, 1.165) is 36.5 Å². The first kappa shape index (κ1) is 51.2. The van der Waals surface area contributed by atoms with Gasteiger partial charge in [0.05, 0.1) is 38.3 Å². The lowest BCUT2D eigenvalue weighted by Gasteiger charge is -2.58. The summed E-state index contributed by atoms with van der Waals surface area (Å²) in [6.07, 6.45) is 12.0. The summed E-state index contributed by atoms with van der Waals surface area (Å²) in [7, 11) is -0.444. The van der Waals surface area contributed by atoms with Crippen molar-refractivity contribution in [2.45, 2.75) is 142 Å². The van der Waals surface area contributed by atoms with Crippen LogP contribution >= 0.6 is 26.8 Å². The third-order valence-electron chi connectivity index (χ3n) is 15.4. The molecule has 14 atom stereocenters. The van der Waals surface area contributed by atoms with Crippen LogP contribution in [0.2, 0.25) is 0 Å². The molecule has 0 radical (unpaired) electrons. The molecule has 0 bridgehead atoms.